The molecule has 15 atom stereocenters. The highest BCUT2D eigenvalue weighted by molar-refractivity contribution is 6.39. The summed E-state index contributed by atoms with van der Waals surface area (Å²) in [6.45, 7) is 18.3. The minimum atomic E-state index is -2.48. The van der Waals surface area contributed by atoms with Gasteiger partial charge in [-0.15, -0.1) is 5.10 Å². The zero-order chi connectivity index (χ0) is 94.2. The summed E-state index contributed by atoms with van der Waals surface area (Å²) in [5.74, 6) is -7.78. The van der Waals surface area contributed by atoms with Gasteiger partial charge in [0.1, 0.15) is 59.4 Å². The lowest BCUT2D eigenvalue weighted by Crippen LogP contribution is -2.61. The van der Waals surface area contributed by atoms with Crippen LogP contribution in [0, 0.1) is 35.5 Å². The number of nitrogens with two attached hydrogens (primary N) is 1. The molecule has 0 unspecified atom stereocenters. The first-order valence-corrected chi connectivity index (χ1v) is 46.0. The van der Waals surface area contributed by atoms with Crippen LogP contribution in [0.5, 0.6) is 5.75 Å². The van der Waals surface area contributed by atoms with Gasteiger partial charge in [0.05, 0.1) is 113 Å². The van der Waals surface area contributed by atoms with Gasteiger partial charge in [0.2, 0.25) is 23.6 Å². The molecular weight excluding hydrogens is 1700 g/mol. The predicted octanol–water partition coefficient (Wildman–Crippen LogP) is 8.80. The molecule has 2 bridgehead atoms. The number of nitrogens with one attached hydrogen (secondary N) is 5. The zero-order valence-electron chi connectivity index (χ0n) is 77.5. The summed E-state index contributed by atoms with van der Waals surface area (Å²) in [7, 11) is 4.60. The van der Waals surface area contributed by atoms with Crippen LogP contribution in [0.15, 0.2) is 109 Å². The van der Waals surface area contributed by atoms with E-state index in [4.69, 9.17) is 58.2 Å². The number of unbranched alkanes of at least 4 members (excludes halogenated alkanes) is 1. The lowest BCUT2D eigenvalue weighted by Gasteiger charge is -2.42. The van der Waals surface area contributed by atoms with Crippen molar-refractivity contribution in [3.63, 3.8) is 0 Å². The number of cyclic esters (lactones) is 1. The molecule has 0 spiro atoms. The van der Waals surface area contributed by atoms with Crippen LogP contribution in [-0.4, -0.2) is 289 Å². The van der Waals surface area contributed by atoms with E-state index in [9.17, 15) is 48.9 Å². The number of aryl methyl sites for hydroxylation is 1. The maximum absolute atomic E-state index is 14.9. The smallest absolute Gasteiger partial charge is 0.329 e. The predicted molar refractivity (Wildman–Crippen MR) is 490 cm³/mol. The second-order valence-electron chi connectivity index (χ2n) is 34.7. The molecule has 38 nitrogen and oxygen atoms in total. The Labute approximate surface area is 769 Å². The number of aliphatic hydroxyl groups excluding tert-OH is 1. The number of anilines is 3. The Morgan fingerprint density at radius 3 is 2.13 bits per heavy atom. The Bertz CT molecular complexity index is 5040. The van der Waals surface area contributed by atoms with E-state index in [0.717, 1.165) is 41.4 Å². The van der Waals surface area contributed by atoms with Gasteiger partial charge in [0.25, 0.3) is 17.6 Å². The number of fused-ring (bicyclic) bond motifs is 5. The normalized spacial score (nSPS) is 25.8. The number of hydrogen-bond acceptors (Lipinski definition) is 32. The van der Waals surface area contributed by atoms with Crippen LogP contribution in [-0.2, 0) is 82.7 Å². The summed E-state index contributed by atoms with van der Waals surface area (Å²) in [5, 5.41) is 61.2. The molecule has 4 aliphatic rings. The minimum absolute atomic E-state index is 0.0189. The highest BCUT2D eigenvalue weighted by atomic mass is 16.6. The number of carbonyl (C=O) groups is 7. The first-order chi connectivity index (χ1) is 63.7. The molecule has 9 heterocycles. The number of amides is 3. The number of aromatic nitrogens is 12. The van der Waals surface area contributed by atoms with Crippen molar-refractivity contribution < 1.29 is 96.2 Å². The number of hydrogen-bond donors (Lipinski definition) is 9. The van der Waals surface area contributed by atoms with E-state index in [1.807, 2.05) is 70.3 Å². The number of benzene rings is 1. The molecule has 38 heteroatoms. The van der Waals surface area contributed by atoms with Crippen molar-refractivity contribution in [1.29, 1.82) is 0 Å². The van der Waals surface area contributed by atoms with Crippen LogP contribution in [0.4, 0.5) is 17.7 Å². The number of aromatic amines is 1. The number of Topliss-reactive ketones (excluding diaryl/α,β-unsaturated/α-hetero) is 3. The fourth-order valence-corrected chi connectivity index (χ4v) is 17.2. The number of carbonyl (C=O) groups excluding carboxylic acids is 7. The van der Waals surface area contributed by atoms with Gasteiger partial charge in [-0.2, -0.15) is 5.10 Å². The molecule has 6 aromatic heterocycles. The number of allylic oxidation sites excluding steroid dienone is 6. The molecule has 11 rings (SSSR count). The third-order valence-electron chi connectivity index (χ3n) is 24.9. The lowest BCUT2D eigenvalue weighted by atomic mass is 9.77. The van der Waals surface area contributed by atoms with Crippen LogP contribution in [0.1, 0.15) is 161 Å². The van der Waals surface area contributed by atoms with E-state index in [0.29, 0.717) is 182 Å². The van der Waals surface area contributed by atoms with Crippen molar-refractivity contribution in [2.24, 2.45) is 35.5 Å². The van der Waals surface area contributed by atoms with Crippen LogP contribution in [0.3, 0.4) is 0 Å². The number of phenols is 1. The van der Waals surface area contributed by atoms with Gasteiger partial charge in [-0.3, -0.25) is 28.8 Å². The Kier molecular flexibility index (Phi) is 39.2. The molecule has 10 N–H and O–H groups in total. The van der Waals surface area contributed by atoms with E-state index < -0.39 is 83.7 Å². The molecular formula is C94H132N18O20. The maximum atomic E-state index is 14.9. The van der Waals surface area contributed by atoms with Crippen LogP contribution < -0.4 is 27.0 Å². The molecule has 3 fully saturated rings. The molecule has 0 radical (unpaired) electrons. The number of aromatic hydroxyl groups is 1. The third kappa shape index (κ3) is 28.6. The average Bonchev–Trinajstić information content (AvgIpc) is 1.57. The van der Waals surface area contributed by atoms with Gasteiger partial charge >= 0.3 is 5.97 Å². The van der Waals surface area contributed by atoms with Crippen molar-refractivity contribution in [2.75, 3.05) is 136 Å². The molecule has 3 amide bonds. The highest BCUT2D eigenvalue weighted by Gasteiger charge is 2.53. The van der Waals surface area contributed by atoms with Crippen molar-refractivity contribution >= 4 is 80.7 Å². The fourth-order valence-electron chi connectivity index (χ4n) is 17.2. The quantitative estimate of drug-likeness (QED) is 0.00755. The molecule has 718 valence electrons. The molecule has 1 saturated carbocycles. The van der Waals surface area contributed by atoms with Gasteiger partial charge in [0, 0.05) is 139 Å². The SMILES string of the molecule is CO[C@H]1C[C@@H]2CC[C@@H](C)[C@@](O)(O2)C(=O)C(=O)N2CCCC[C@H]2C(=O)O[C@H]([C@H](C)C[C@@H]2CC[C@H](n3cc(-c4cnc(NCCNc5ncc(C(=O)NCCOCCOCCOCCOCCOCCC(=O)NCCCCn6nc(-c7cc8cc(O)ccc8[nH]7)c7c(N)ncnc76)cn5)nc4)nn3)[C@H](OC)C2)CC(=O)[C@H](C)/C=C(\C)[C@@H](O)[C@@H](OC)C(=O)[C@H](C)C[C@H](C)/C=C/C=C/C=C/1C. The molecule has 7 aromatic rings. The number of methoxy groups -OCH3 is 3. The summed E-state index contributed by atoms with van der Waals surface area (Å²) in [6, 6.07) is 5.59. The van der Waals surface area contributed by atoms with E-state index >= 15 is 0 Å². The number of piperidine rings is 1. The Morgan fingerprint density at radius 2 is 1.43 bits per heavy atom. The minimum Gasteiger partial charge on any atom is -0.508 e. The number of ketones is 3. The maximum Gasteiger partial charge on any atom is 0.329 e. The Hall–Kier alpha value is -10.8. The first-order valence-electron chi connectivity index (χ1n) is 46.0. The summed E-state index contributed by atoms with van der Waals surface area (Å²) in [6.07, 6.45) is 22.4. The van der Waals surface area contributed by atoms with Gasteiger partial charge in [-0.25, -0.2) is 44.1 Å². The zero-order valence-corrected chi connectivity index (χ0v) is 77.5. The first kappa shape index (κ1) is 102. The molecule has 3 aliphatic heterocycles. The Morgan fingerprint density at radius 1 is 0.735 bits per heavy atom. The second-order valence-corrected chi connectivity index (χ2v) is 34.7. The molecule has 1 aliphatic carbocycles. The van der Waals surface area contributed by atoms with Crippen molar-refractivity contribution in [2.45, 2.75) is 206 Å². The van der Waals surface area contributed by atoms with Gasteiger partial charge in [-0.05, 0) is 144 Å². The van der Waals surface area contributed by atoms with E-state index in [-0.39, 0.29) is 111 Å². The number of aliphatic hydroxyl groups is 2. The highest BCUT2D eigenvalue weighted by Crippen LogP contribution is 2.41. The number of nitrogen functional groups attached to an aromatic ring is 1. The molecule has 132 heavy (non-hydrogen) atoms. The summed E-state index contributed by atoms with van der Waals surface area (Å²) < 4.78 is 62.0. The Balaban J connectivity index is 0.554. The second kappa shape index (κ2) is 50.9. The van der Waals surface area contributed by atoms with Crippen molar-refractivity contribution in [3.8, 4) is 28.4 Å². The van der Waals surface area contributed by atoms with Gasteiger partial charge in [-0.1, -0.05) is 76.3 Å². The average molecular weight is 1830 g/mol. The topological polar surface area (TPSA) is 492 Å². The monoisotopic (exact) mass is 1830 g/mol. The van der Waals surface area contributed by atoms with Crippen LogP contribution >= 0.6 is 0 Å². The standard InChI is InChI=1S/C94H132N18O20/c1-58-18-12-11-13-19-59(2)77(123-8)50-70-24-21-64(7)94(122,132-70)86(118)90(120)110-32-16-14-20-75(110)91(121)131-78(51-76(114)60(3)45-63(6)84(117)85(125-10)83(116)62(5)44-58)61(4)46-65-22-26-74(79(47-65)124-9)112-56-73(107-109-112)67-52-100-92(101-53-67)98-29-30-99-93-102-54-68(55-103-93)89(119)97-31-35-127-37-39-129-41-43-130-42-40-128-38-36-126-34-27-80(115)96-28-15-17-33-111-88-81(87(95)104-57-105-88)82(108-111)72-49-66-48-69(113)23-25-71(66)106-72/h11-13,18-19,23,25,45,48-49,52-58,60-62,64-65,70,74-75,77-79,84-85,106,113,117,122H,14-17,20-22,24,26-44,46-47,50-51H2,1-10H3,(H,96,115)(H,97,119)(H2,95,104,105)(H,98,100,101)(H,99,102,103)/b13-11+,18-12+,59-19+,63-45+/t58-,60-,61-,62-,64-,65+,70+,74+,75+,77+,78+,79-,84-,85+,94-/m1/s1. The third-order valence-corrected chi connectivity index (χ3v) is 24.9. The van der Waals surface area contributed by atoms with Gasteiger partial charge < -0.3 is 99.6 Å². The van der Waals surface area contributed by atoms with E-state index in [1.165, 1.54) is 30.7 Å². The van der Waals surface area contributed by atoms with Gasteiger partial charge in [0.15, 0.2) is 11.4 Å². The van der Waals surface area contributed by atoms with Crippen molar-refractivity contribution in [1.82, 2.24) is 75.2 Å². The number of rotatable bonds is 38. The summed E-state index contributed by atoms with van der Waals surface area (Å²) in [4.78, 5) is 129. The van der Waals surface area contributed by atoms with Crippen molar-refractivity contribution in [3.05, 3.63) is 115 Å². The number of ether oxygens (including phenoxy) is 10. The number of H-pyrrole nitrogens is 1. The molecule has 1 aromatic carbocycles. The summed E-state index contributed by atoms with van der Waals surface area (Å²) >= 11 is 0. The number of nitrogens with zero attached hydrogens (tertiary/aromatic N) is 12. The largest absolute Gasteiger partial charge is 0.508 e. The van der Waals surface area contributed by atoms with Crippen LogP contribution in [0.2, 0.25) is 0 Å². The fraction of sp³-hybridized carbons (Fsp3) is 0.596. The van der Waals surface area contributed by atoms with Crippen LogP contribution in [0.25, 0.3) is 44.6 Å². The lowest BCUT2D eigenvalue weighted by molar-refractivity contribution is -0.265. The summed E-state index contributed by atoms with van der Waals surface area (Å²) in [5.41, 5.74) is 11.8. The molecule has 2 saturated heterocycles. The van der Waals surface area contributed by atoms with E-state index in [2.05, 4.69) is 66.5 Å². The number of phenolic OH excluding ortho intramolecular Hbond substituents is 1. The van der Waals surface area contributed by atoms with E-state index in [1.54, 1.807) is 81.0 Å². The number of esters is 1.